The Balaban J connectivity index is 0.00000176. The van der Waals surface area contributed by atoms with Crippen molar-refractivity contribution in [3.05, 3.63) is 28.1 Å². The molecule has 22 heavy (non-hydrogen) atoms. The van der Waals surface area contributed by atoms with Crippen LogP contribution < -0.4 is 5.73 Å². The average Bonchev–Trinajstić information content (AvgIpc) is 3.01. The van der Waals surface area contributed by atoms with Crippen molar-refractivity contribution in [3.63, 3.8) is 0 Å². The van der Waals surface area contributed by atoms with Crippen LogP contribution >= 0.6 is 35.3 Å². The van der Waals surface area contributed by atoms with E-state index < -0.39 is 10.0 Å². The summed E-state index contributed by atoms with van der Waals surface area (Å²) >= 11 is 7.53. The maximum Gasteiger partial charge on any atom is 0.245 e. The van der Waals surface area contributed by atoms with Gasteiger partial charge in [-0.25, -0.2) is 8.42 Å². The van der Waals surface area contributed by atoms with E-state index in [4.69, 9.17) is 17.3 Å². The number of fused-ring (bicyclic) bond motifs is 1. The van der Waals surface area contributed by atoms with Gasteiger partial charge in [-0.05, 0) is 38.0 Å². The zero-order valence-electron chi connectivity index (χ0n) is 12.1. The van der Waals surface area contributed by atoms with E-state index in [9.17, 15) is 8.42 Å². The van der Waals surface area contributed by atoms with E-state index in [0.29, 0.717) is 28.4 Å². The topological polar surface area (TPSA) is 63.4 Å². The molecule has 1 atom stereocenters. The normalized spacial score (nSPS) is 19.5. The summed E-state index contributed by atoms with van der Waals surface area (Å²) in [6, 6.07) is 5.30. The molecule has 1 saturated heterocycles. The first-order valence-corrected chi connectivity index (χ1v) is 9.49. The van der Waals surface area contributed by atoms with Gasteiger partial charge in [-0.1, -0.05) is 11.6 Å². The van der Waals surface area contributed by atoms with Crippen molar-refractivity contribution in [2.45, 2.75) is 30.7 Å². The highest BCUT2D eigenvalue weighted by molar-refractivity contribution is 7.89. The number of nitrogens with two attached hydrogens (primary N) is 1. The lowest BCUT2D eigenvalue weighted by molar-refractivity contribution is 0.393. The van der Waals surface area contributed by atoms with Crippen molar-refractivity contribution >= 4 is 55.5 Å². The SMILES string of the molecule is Cc1sc2ccc(Cl)cc2c1S(=O)(=O)N1CCCC1CN.Cl. The van der Waals surface area contributed by atoms with E-state index in [1.807, 2.05) is 13.0 Å². The molecule has 1 aromatic heterocycles. The molecular formula is C14H18Cl2N2O2S2. The van der Waals surface area contributed by atoms with Gasteiger partial charge >= 0.3 is 0 Å². The molecule has 0 amide bonds. The molecule has 1 unspecified atom stereocenters. The Morgan fingerprint density at radius 3 is 2.86 bits per heavy atom. The average molecular weight is 381 g/mol. The third kappa shape index (κ3) is 2.88. The molecule has 0 radical (unpaired) electrons. The number of nitrogens with zero attached hydrogens (tertiary/aromatic N) is 1. The molecule has 1 fully saturated rings. The van der Waals surface area contributed by atoms with E-state index in [0.717, 1.165) is 22.4 Å². The van der Waals surface area contributed by atoms with Crippen LogP contribution in [0.15, 0.2) is 23.1 Å². The molecule has 1 aliphatic heterocycles. The van der Waals surface area contributed by atoms with Crippen LogP contribution in [0.25, 0.3) is 10.1 Å². The van der Waals surface area contributed by atoms with Crippen LogP contribution in [0, 0.1) is 6.92 Å². The van der Waals surface area contributed by atoms with E-state index in [-0.39, 0.29) is 18.4 Å². The van der Waals surface area contributed by atoms with Gasteiger partial charge in [-0.3, -0.25) is 0 Å². The summed E-state index contributed by atoms with van der Waals surface area (Å²) in [4.78, 5) is 1.19. The molecule has 0 spiro atoms. The summed E-state index contributed by atoms with van der Waals surface area (Å²) in [5, 5.41) is 1.27. The number of hydrogen-bond donors (Lipinski definition) is 1. The Kier molecular flexibility index (Phi) is 5.42. The van der Waals surface area contributed by atoms with Crippen LogP contribution in [-0.2, 0) is 10.0 Å². The quantitative estimate of drug-likeness (QED) is 0.887. The number of aryl methyl sites for hydroxylation is 1. The van der Waals surface area contributed by atoms with E-state index in [2.05, 4.69) is 0 Å². The predicted octanol–water partition coefficient (Wildman–Crippen LogP) is 3.40. The van der Waals surface area contributed by atoms with Crippen LogP contribution in [0.5, 0.6) is 0 Å². The van der Waals surface area contributed by atoms with Gasteiger partial charge in [0.2, 0.25) is 10.0 Å². The standard InChI is InChI=1S/C14H17ClN2O2S2.ClH/c1-9-14(12-7-10(15)4-5-13(12)20-9)21(18,19)17-6-2-3-11(17)8-16;/h4-5,7,11H,2-3,6,8,16H2,1H3;1H. The molecule has 0 aliphatic carbocycles. The van der Waals surface area contributed by atoms with Crippen molar-refractivity contribution in [1.29, 1.82) is 0 Å². The fraction of sp³-hybridized carbons (Fsp3) is 0.429. The van der Waals surface area contributed by atoms with Gasteiger partial charge in [0.25, 0.3) is 0 Å². The molecule has 2 heterocycles. The fourth-order valence-electron chi connectivity index (χ4n) is 2.97. The molecule has 8 heteroatoms. The number of thiophene rings is 1. The molecule has 4 nitrogen and oxygen atoms in total. The van der Waals surface area contributed by atoms with Crippen molar-refractivity contribution in [1.82, 2.24) is 4.31 Å². The van der Waals surface area contributed by atoms with Gasteiger partial charge in [0.05, 0.1) is 0 Å². The van der Waals surface area contributed by atoms with E-state index >= 15 is 0 Å². The smallest absolute Gasteiger partial charge is 0.245 e. The summed E-state index contributed by atoms with van der Waals surface area (Å²) in [5.41, 5.74) is 5.72. The van der Waals surface area contributed by atoms with Gasteiger partial charge in [0, 0.05) is 39.1 Å². The minimum atomic E-state index is -3.53. The van der Waals surface area contributed by atoms with Gasteiger partial charge in [-0.15, -0.1) is 23.7 Å². The molecule has 2 aromatic rings. The highest BCUT2D eigenvalue weighted by Gasteiger charge is 2.36. The van der Waals surface area contributed by atoms with Crippen molar-refractivity contribution in [2.24, 2.45) is 5.73 Å². The first-order valence-electron chi connectivity index (χ1n) is 6.85. The summed E-state index contributed by atoms with van der Waals surface area (Å²) in [5.74, 6) is 0. The second-order valence-corrected chi connectivity index (χ2v) is 8.80. The van der Waals surface area contributed by atoms with Crippen LogP contribution in [-0.4, -0.2) is 31.9 Å². The first-order chi connectivity index (χ1) is 9.95. The van der Waals surface area contributed by atoms with Crippen molar-refractivity contribution in [2.75, 3.05) is 13.1 Å². The minimum absolute atomic E-state index is 0. The second kappa shape index (κ2) is 6.63. The maximum atomic E-state index is 13.0. The van der Waals surface area contributed by atoms with Gasteiger partial charge < -0.3 is 5.73 Å². The summed E-state index contributed by atoms with van der Waals surface area (Å²) in [6.07, 6.45) is 1.70. The summed E-state index contributed by atoms with van der Waals surface area (Å²) in [6.45, 7) is 2.75. The molecule has 122 valence electrons. The molecular weight excluding hydrogens is 363 g/mol. The first kappa shape index (κ1) is 18.0. The van der Waals surface area contributed by atoms with Crippen molar-refractivity contribution in [3.8, 4) is 0 Å². The van der Waals surface area contributed by atoms with E-state index in [1.54, 1.807) is 16.4 Å². The lowest BCUT2D eigenvalue weighted by atomic mass is 10.2. The zero-order chi connectivity index (χ0) is 15.2. The monoisotopic (exact) mass is 380 g/mol. The summed E-state index contributed by atoms with van der Waals surface area (Å²) < 4.78 is 28.6. The Morgan fingerprint density at radius 2 is 2.18 bits per heavy atom. The molecule has 3 rings (SSSR count). The Morgan fingerprint density at radius 1 is 1.45 bits per heavy atom. The van der Waals surface area contributed by atoms with Gasteiger partial charge in [0.1, 0.15) is 4.90 Å². The van der Waals surface area contributed by atoms with Crippen molar-refractivity contribution < 1.29 is 8.42 Å². The highest BCUT2D eigenvalue weighted by atomic mass is 35.5. The number of hydrogen-bond acceptors (Lipinski definition) is 4. The van der Waals surface area contributed by atoms with E-state index in [1.165, 1.54) is 11.3 Å². The fourth-order valence-corrected chi connectivity index (χ4v) is 6.58. The third-order valence-corrected chi connectivity index (χ3v) is 7.52. The Hall–Kier alpha value is -0.370. The highest BCUT2D eigenvalue weighted by Crippen LogP contribution is 2.38. The lowest BCUT2D eigenvalue weighted by Gasteiger charge is -2.23. The molecule has 0 saturated carbocycles. The largest absolute Gasteiger partial charge is 0.329 e. The number of sulfonamides is 1. The third-order valence-electron chi connectivity index (χ3n) is 3.93. The Labute approximate surface area is 145 Å². The van der Waals surface area contributed by atoms with Crippen LogP contribution in [0.2, 0.25) is 5.02 Å². The lowest BCUT2D eigenvalue weighted by Crippen LogP contribution is -2.39. The Bertz CT molecular complexity index is 789. The second-order valence-electron chi connectivity index (χ2n) is 5.28. The number of rotatable bonds is 3. The maximum absolute atomic E-state index is 13.0. The van der Waals surface area contributed by atoms with Gasteiger partial charge in [-0.2, -0.15) is 4.31 Å². The zero-order valence-corrected chi connectivity index (χ0v) is 15.3. The molecule has 2 N–H and O–H groups in total. The number of benzene rings is 1. The molecule has 0 bridgehead atoms. The number of halogens is 2. The van der Waals surface area contributed by atoms with Gasteiger partial charge in [0.15, 0.2) is 0 Å². The summed E-state index contributed by atoms with van der Waals surface area (Å²) in [7, 11) is -3.53. The van der Waals surface area contributed by atoms with Crippen LogP contribution in [0.3, 0.4) is 0 Å². The predicted molar refractivity (Wildman–Crippen MR) is 94.8 cm³/mol. The molecule has 1 aliphatic rings. The minimum Gasteiger partial charge on any atom is -0.329 e. The molecule has 1 aromatic carbocycles. The van der Waals surface area contributed by atoms with Crippen LogP contribution in [0.4, 0.5) is 0 Å². The van der Waals surface area contributed by atoms with Crippen LogP contribution in [0.1, 0.15) is 17.7 Å².